The predicted octanol–water partition coefficient (Wildman–Crippen LogP) is 0.976. The fourth-order valence-electron chi connectivity index (χ4n) is 3.45. The normalized spacial score (nSPS) is 14.5. The maximum absolute atomic E-state index is 12.8. The molecule has 0 unspecified atom stereocenters. The fraction of sp³-hybridized carbons (Fsp3) is 0.348. The number of rotatable bonds is 8. The molecule has 33 heavy (non-hydrogen) atoms. The first kappa shape index (κ1) is 24.4. The third kappa shape index (κ3) is 6.62. The van der Waals surface area contributed by atoms with E-state index in [1.54, 1.807) is 4.90 Å². The molecule has 2 aromatic rings. The van der Waals surface area contributed by atoms with Crippen LogP contribution in [0.25, 0.3) is 0 Å². The van der Waals surface area contributed by atoms with Crippen molar-refractivity contribution in [3.63, 3.8) is 0 Å². The van der Waals surface area contributed by atoms with Crippen LogP contribution in [0.4, 0.5) is 0 Å². The highest BCUT2D eigenvalue weighted by Gasteiger charge is 2.29. The smallest absolute Gasteiger partial charge is 0.251 e. The van der Waals surface area contributed by atoms with E-state index in [9.17, 15) is 22.8 Å². The predicted molar refractivity (Wildman–Crippen MR) is 123 cm³/mol. The Morgan fingerprint density at radius 2 is 1.52 bits per heavy atom. The van der Waals surface area contributed by atoms with Crippen molar-refractivity contribution in [2.75, 3.05) is 32.7 Å². The van der Waals surface area contributed by atoms with Crippen molar-refractivity contribution in [2.24, 2.45) is 0 Å². The van der Waals surface area contributed by atoms with Gasteiger partial charge in [-0.2, -0.15) is 4.31 Å². The lowest BCUT2D eigenvalue weighted by Crippen LogP contribution is -2.49. The molecule has 0 aliphatic carbocycles. The van der Waals surface area contributed by atoms with Crippen molar-refractivity contribution < 1.29 is 22.8 Å². The molecule has 1 heterocycles. The quantitative estimate of drug-likeness (QED) is 0.594. The van der Waals surface area contributed by atoms with Crippen LogP contribution in [0.2, 0.25) is 0 Å². The second-order valence-electron chi connectivity index (χ2n) is 7.70. The zero-order valence-electron chi connectivity index (χ0n) is 18.5. The minimum atomic E-state index is -3.70. The summed E-state index contributed by atoms with van der Waals surface area (Å²) in [6, 6.07) is 15.2. The second kappa shape index (κ2) is 11.1. The number of hydrogen-bond acceptors (Lipinski definition) is 5. The number of sulfonamides is 1. The summed E-state index contributed by atoms with van der Waals surface area (Å²) in [6.45, 7) is 3.23. The Kier molecular flexibility index (Phi) is 8.18. The molecular formula is C23H28N4O5S. The molecular weight excluding hydrogens is 444 g/mol. The van der Waals surface area contributed by atoms with Gasteiger partial charge in [0.05, 0.1) is 4.90 Å². The zero-order valence-corrected chi connectivity index (χ0v) is 19.3. The van der Waals surface area contributed by atoms with Crippen LogP contribution >= 0.6 is 0 Å². The van der Waals surface area contributed by atoms with Gasteiger partial charge in [-0.3, -0.25) is 14.4 Å². The molecule has 0 bridgehead atoms. The Bertz CT molecular complexity index is 1080. The van der Waals surface area contributed by atoms with Gasteiger partial charge in [0.15, 0.2) is 0 Å². The van der Waals surface area contributed by atoms with Crippen LogP contribution < -0.4 is 10.6 Å². The number of nitrogens with zero attached hydrogens (tertiary/aromatic N) is 2. The molecule has 1 aliphatic heterocycles. The van der Waals surface area contributed by atoms with Gasteiger partial charge in [0.2, 0.25) is 21.8 Å². The molecule has 1 aliphatic rings. The molecule has 0 radical (unpaired) electrons. The summed E-state index contributed by atoms with van der Waals surface area (Å²) in [5.41, 5.74) is 1.30. The van der Waals surface area contributed by atoms with Crippen molar-refractivity contribution in [2.45, 2.75) is 24.8 Å². The van der Waals surface area contributed by atoms with Gasteiger partial charge < -0.3 is 15.5 Å². The largest absolute Gasteiger partial charge is 0.352 e. The molecule has 176 valence electrons. The average Bonchev–Trinajstić information content (AvgIpc) is 2.83. The molecule has 9 nitrogen and oxygen atoms in total. The van der Waals surface area contributed by atoms with Crippen LogP contribution in [0.3, 0.4) is 0 Å². The van der Waals surface area contributed by atoms with E-state index in [1.807, 2.05) is 30.3 Å². The highest BCUT2D eigenvalue weighted by atomic mass is 32.2. The van der Waals surface area contributed by atoms with Gasteiger partial charge in [0.25, 0.3) is 5.91 Å². The van der Waals surface area contributed by atoms with Gasteiger partial charge in [-0.25, -0.2) is 8.42 Å². The van der Waals surface area contributed by atoms with Crippen molar-refractivity contribution in [1.29, 1.82) is 0 Å². The van der Waals surface area contributed by atoms with Crippen LogP contribution in [0.5, 0.6) is 0 Å². The van der Waals surface area contributed by atoms with Crippen molar-refractivity contribution in [3.8, 4) is 0 Å². The van der Waals surface area contributed by atoms with Gasteiger partial charge in [0, 0.05) is 58.2 Å². The second-order valence-corrected chi connectivity index (χ2v) is 9.64. The van der Waals surface area contributed by atoms with Crippen molar-refractivity contribution in [1.82, 2.24) is 19.8 Å². The van der Waals surface area contributed by atoms with Crippen LogP contribution in [-0.4, -0.2) is 68.1 Å². The minimum absolute atomic E-state index is 0.0731. The summed E-state index contributed by atoms with van der Waals surface area (Å²) in [6.07, 6.45) is 0.136. The van der Waals surface area contributed by atoms with E-state index in [2.05, 4.69) is 10.6 Å². The summed E-state index contributed by atoms with van der Waals surface area (Å²) in [4.78, 5) is 37.4. The molecule has 2 N–H and O–H groups in total. The Labute approximate surface area is 193 Å². The maximum atomic E-state index is 12.8. The van der Waals surface area contributed by atoms with Crippen LogP contribution in [0, 0.1) is 0 Å². The van der Waals surface area contributed by atoms with Crippen LogP contribution in [0.1, 0.15) is 29.3 Å². The molecule has 2 aromatic carbocycles. The standard InChI is InChI=1S/C23H28N4O5S/c1-18(28)26-13-15-27(16-14-26)33(31,32)21-9-7-20(8-10-21)23(30)24-12-11-22(29)25-17-19-5-3-2-4-6-19/h2-10H,11-17H2,1H3,(H,24,30)(H,25,29). The van der Waals surface area contributed by atoms with Gasteiger partial charge in [-0.1, -0.05) is 30.3 Å². The molecule has 3 amide bonds. The molecule has 1 fully saturated rings. The van der Waals surface area contributed by atoms with Crippen molar-refractivity contribution in [3.05, 3.63) is 65.7 Å². The van der Waals surface area contributed by atoms with E-state index in [1.165, 1.54) is 35.5 Å². The monoisotopic (exact) mass is 472 g/mol. The Morgan fingerprint density at radius 1 is 0.879 bits per heavy atom. The molecule has 3 rings (SSSR count). The molecule has 0 atom stereocenters. The third-order valence-electron chi connectivity index (χ3n) is 5.41. The molecule has 0 spiro atoms. The summed E-state index contributed by atoms with van der Waals surface area (Å²) in [5, 5.41) is 5.46. The Hall–Kier alpha value is -3.24. The Balaban J connectivity index is 1.46. The first-order chi connectivity index (χ1) is 15.8. The van der Waals surface area contributed by atoms with Gasteiger partial charge in [-0.15, -0.1) is 0 Å². The van der Waals surface area contributed by atoms with Crippen LogP contribution in [0.15, 0.2) is 59.5 Å². The number of benzene rings is 2. The maximum Gasteiger partial charge on any atom is 0.251 e. The zero-order chi connectivity index (χ0) is 23.8. The molecule has 1 saturated heterocycles. The van der Waals surface area contributed by atoms with Gasteiger partial charge in [-0.05, 0) is 29.8 Å². The van der Waals surface area contributed by atoms with E-state index < -0.39 is 10.0 Å². The summed E-state index contributed by atoms with van der Waals surface area (Å²) in [7, 11) is -3.70. The topological polar surface area (TPSA) is 116 Å². The van der Waals surface area contributed by atoms with Gasteiger partial charge in [0.1, 0.15) is 0 Å². The Morgan fingerprint density at radius 3 is 2.12 bits per heavy atom. The SMILES string of the molecule is CC(=O)N1CCN(S(=O)(=O)c2ccc(C(=O)NCCC(=O)NCc3ccccc3)cc2)CC1. The van der Waals surface area contributed by atoms with Crippen molar-refractivity contribution >= 4 is 27.7 Å². The number of nitrogens with one attached hydrogen (secondary N) is 2. The van der Waals surface area contributed by atoms with E-state index in [4.69, 9.17) is 0 Å². The third-order valence-corrected chi connectivity index (χ3v) is 7.32. The lowest BCUT2D eigenvalue weighted by atomic mass is 10.2. The van der Waals surface area contributed by atoms with Gasteiger partial charge >= 0.3 is 0 Å². The number of carbonyl (C=O) groups is 3. The van der Waals surface area contributed by atoms with E-state index in [-0.39, 0.29) is 48.7 Å². The lowest BCUT2D eigenvalue weighted by Gasteiger charge is -2.33. The molecule has 0 saturated carbocycles. The number of piperazine rings is 1. The first-order valence-corrected chi connectivity index (χ1v) is 12.2. The van der Waals surface area contributed by atoms with Crippen LogP contribution in [-0.2, 0) is 26.2 Å². The number of carbonyl (C=O) groups excluding carboxylic acids is 3. The minimum Gasteiger partial charge on any atom is -0.352 e. The average molecular weight is 473 g/mol. The lowest BCUT2D eigenvalue weighted by molar-refractivity contribution is -0.130. The molecule has 10 heteroatoms. The highest BCUT2D eigenvalue weighted by Crippen LogP contribution is 2.18. The first-order valence-electron chi connectivity index (χ1n) is 10.7. The summed E-state index contributed by atoms with van der Waals surface area (Å²) in [5.74, 6) is -0.633. The summed E-state index contributed by atoms with van der Waals surface area (Å²) < 4.78 is 27.0. The number of hydrogen-bond donors (Lipinski definition) is 2. The summed E-state index contributed by atoms with van der Waals surface area (Å²) >= 11 is 0. The van der Waals surface area contributed by atoms with E-state index >= 15 is 0 Å². The number of amides is 3. The molecule has 0 aromatic heterocycles. The fourth-order valence-corrected chi connectivity index (χ4v) is 4.87. The van der Waals surface area contributed by atoms with E-state index in [0.29, 0.717) is 25.2 Å². The van der Waals surface area contributed by atoms with E-state index in [0.717, 1.165) is 5.56 Å². The highest BCUT2D eigenvalue weighted by molar-refractivity contribution is 7.89.